The van der Waals surface area contributed by atoms with Gasteiger partial charge in [-0.15, -0.1) is 0 Å². The zero-order valence-corrected chi connectivity index (χ0v) is 13.9. The summed E-state index contributed by atoms with van der Waals surface area (Å²) in [7, 11) is 0. The van der Waals surface area contributed by atoms with Gasteiger partial charge >= 0.3 is 0 Å². The number of phenols is 1. The average Bonchev–Trinajstić information content (AvgIpc) is 2.60. The number of phenolic OH excluding ortho intramolecular Hbond substituents is 1. The van der Waals surface area contributed by atoms with E-state index >= 15 is 0 Å². The summed E-state index contributed by atoms with van der Waals surface area (Å²) < 4.78 is 0. The Morgan fingerprint density at radius 3 is 2.50 bits per heavy atom. The van der Waals surface area contributed by atoms with Crippen molar-refractivity contribution in [1.82, 2.24) is 9.80 Å². The van der Waals surface area contributed by atoms with Gasteiger partial charge in [-0.3, -0.25) is 9.59 Å². The Morgan fingerprint density at radius 2 is 1.92 bits per heavy atom. The molecule has 0 radical (unpaired) electrons. The van der Waals surface area contributed by atoms with Crippen molar-refractivity contribution in [3.8, 4) is 5.75 Å². The first-order valence-electron chi connectivity index (χ1n) is 7.54. The predicted molar refractivity (Wildman–Crippen MR) is 91.1 cm³/mol. The Morgan fingerprint density at radius 1 is 1.29 bits per heavy atom. The molecule has 1 N–H and O–H groups in total. The van der Waals surface area contributed by atoms with Gasteiger partial charge in [-0.25, -0.2) is 4.85 Å². The molecule has 1 saturated heterocycles. The van der Waals surface area contributed by atoms with E-state index in [1.807, 2.05) is 0 Å². The van der Waals surface area contributed by atoms with E-state index in [2.05, 4.69) is 11.4 Å². The lowest BCUT2D eigenvalue weighted by molar-refractivity contribution is -0.137. The zero-order chi connectivity index (χ0) is 17.7. The van der Waals surface area contributed by atoms with E-state index in [9.17, 15) is 14.7 Å². The molecule has 0 saturated carbocycles. The Bertz CT molecular complexity index is 704. The van der Waals surface area contributed by atoms with Crippen LogP contribution in [-0.4, -0.2) is 52.9 Å². The van der Waals surface area contributed by atoms with E-state index in [1.54, 1.807) is 9.80 Å². The third-order valence-electron chi connectivity index (χ3n) is 4.00. The fourth-order valence-corrected chi connectivity index (χ4v) is 2.79. The lowest BCUT2D eigenvalue weighted by Crippen LogP contribution is -2.50. The molecule has 0 aliphatic carbocycles. The number of nitrogens with zero attached hydrogens (tertiary/aromatic N) is 3. The highest BCUT2D eigenvalue weighted by Crippen LogP contribution is 2.32. The summed E-state index contributed by atoms with van der Waals surface area (Å²) in [5.41, 5.74) is 0.785. The predicted octanol–water partition coefficient (Wildman–Crippen LogP) is 2.39. The average molecular weight is 348 g/mol. The lowest BCUT2D eigenvalue weighted by atomic mass is 10.1. The minimum absolute atomic E-state index is 0.0124. The molecule has 1 fully saturated rings. The molecule has 6 nitrogen and oxygen atoms in total. The van der Waals surface area contributed by atoms with Gasteiger partial charge in [0, 0.05) is 32.6 Å². The van der Waals surface area contributed by atoms with Crippen molar-refractivity contribution in [2.24, 2.45) is 0 Å². The first kappa shape index (κ1) is 17.8. The van der Waals surface area contributed by atoms with Crippen LogP contribution >= 0.6 is 11.6 Å². The number of hydrogen-bond donors (Lipinski definition) is 1. The van der Waals surface area contributed by atoms with Gasteiger partial charge in [-0.2, -0.15) is 0 Å². The van der Waals surface area contributed by atoms with Crippen LogP contribution in [0.1, 0.15) is 12.0 Å². The molecule has 0 aromatic heterocycles. The van der Waals surface area contributed by atoms with Crippen LogP contribution in [0.15, 0.2) is 24.8 Å². The number of aromatic hydroxyl groups is 1. The SMILES string of the molecule is [C-]#[N+]c1cc(CCC(=O)N2CCN(C(=O)C=C)CC2)c(O)cc1Cl. The van der Waals surface area contributed by atoms with Crippen LogP contribution in [0.5, 0.6) is 5.75 Å². The molecule has 7 heteroatoms. The van der Waals surface area contributed by atoms with E-state index in [4.69, 9.17) is 18.2 Å². The van der Waals surface area contributed by atoms with Gasteiger partial charge in [0.25, 0.3) is 0 Å². The molecular weight excluding hydrogens is 330 g/mol. The van der Waals surface area contributed by atoms with Crippen molar-refractivity contribution in [3.63, 3.8) is 0 Å². The Kier molecular flexibility index (Phi) is 5.83. The van der Waals surface area contributed by atoms with Crippen LogP contribution in [0, 0.1) is 6.57 Å². The van der Waals surface area contributed by atoms with Crippen molar-refractivity contribution in [3.05, 3.63) is 46.8 Å². The Hall–Kier alpha value is -2.52. The monoisotopic (exact) mass is 347 g/mol. The quantitative estimate of drug-likeness (QED) is 0.672. The standard InChI is InChI=1S/C17H18ClN3O3/c1-3-16(23)20-6-8-21(9-7-20)17(24)5-4-12-10-14(19-2)13(18)11-15(12)22/h3,10-11,22H,1,4-9H2. The number of amides is 2. The second-order valence-electron chi connectivity index (χ2n) is 5.45. The molecule has 2 amide bonds. The molecule has 1 aliphatic rings. The third-order valence-corrected chi connectivity index (χ3v) is 4.30. The smallest absolute Gasteiger partial charge is 0.246 e. The minimum Gasteiger partial charge on any atom is -0.508 e. The van der Waals surface area contributed by atoms with Gasteiger partial charge in [0.05, 0.1) is 11.6 Å². The Balaban J connectivity index is 1.92. The lowest BCUT2D eigenvalue weighted by Gasteiger charge is -2.34. The van der Waals surface area contributed by atoms with Crippen molar-refractivity contribution in [2.45, 2.75) is 12.8 Å². The summed E-state index contributed by atoms with van der Waals surface area (Å²) >= 11 is 5.85. The molecular formula is C17H18ClN3O3. The highest BCUT2D eigenvalue weighted by molar-refractivity contribution is 6.33. The van der Waals surface area contributed by atoms with Gasteiger partial charge in [-0.05, 0) is 30.2 Å². The second-order valence-corrected chi connectivity index (χ2v) is 5.86. The van der Waals surface area contributed by atoms with Crippen molar-refractivity contribution in [2.75, 3.05) is 26.2 Å². The number of carbonyl (C=O) groups excluding carboxylic acids is 2. The number of piperazine rings is 1. The first-order valence-corrected chi connectivity index (χ1v) is 7.92. The number of hydrogen-bond acceptors (Lipinski definition) is 3. The maximum absolute atomic E-state index is 12.3. The molecule has 0 spiro atoms. The number of halogens is 1. The van der Waals surface area contributed by atoms with Crippen LogP contribution < -0.4 is 0 Å². The summed E-state index contributed by atoms with van der Waals surface area (Å²) in [5, 5.41) is 10.1. The highest BCUT2D eigenvalue weighted by Gasteiger charge is 2.22. The fraction of sp³-hybridized carbons (Fsp3) is 0.353. The molecule has 0 bridgehead atoms. The molecule has 1 aliphatic heterocycles. The summed E-state index contributed by atoms with van der Waals surface area (Å²) in [4.78, 5) is 30.5. The van der Waals surface area contributed by atoms with Crippen molar-refractivity contribution in [1.29, 1.82) is 0 Å². The van der Waals surface area contributed by atoms with Gasteiger partial charge in [0.1, 0.15) is 5.75 Å². The van der Waals surface area contributed by atoms with Crippen LogP contribution in [-0.2, 0) is 16.0 Å². The van der Waals surface area contributed by atoms with E-state index < -0.39 is 0 Å². The van der Waals surface area contributed by atoms with E-state index in [1.165, 1.54) is 18.2 Å². The number of benzene rings is 1. The maximum atomic E-state index is 12.3. The summed E-state index contributed by atoms with van der Waals surface area (Å²) in [6.45, 7) is 12.4. The Labute approximate surface area is 145 Å². The molecule has 1 aromatic rings. The van der Waals surface area contributed by atoms with E-state index in [0.717, 1.165) is 0 Å². The number of rotatable bonds is 4. The zero-order valence-electron chi connectivity index (χ0n) is 13.2. The second kappa shape index (κ2) is 7.84. The summed E-state index contributed by atoms with van der Waals surface area (Å²) in [6, 6.07) is 2.84. The number of carbonyl (C=O) groups is 2. The van der Waals surface area contributed by atoms with Crippen LogP contribution in [0.25, 0.3) is 4.85 Å². The molecule has 0 atom stereocenters. The molecule has 0 unspecified atom stereocenters. The highest BCUT2D eigenvalue weighted by atomic mass is 35.5. The fourth-order valence-electron chi connectivity index (χ4n) is 2.59. The molecule has 2 rings (SSSR count). The molecule has 24 heavy (non-hydrogen) atoms. The molecule has 1 aromatic carbocycles. The van der Waals surface area contributed by atoms with Crippen LogP contribution in [0.2, 0.25) is 5.02 Å². The van der Waals surface area contributed by atoms with E-state index in [0.29, 0.717) is 38.2 Å². The van der Waals surface area contributed by atoms with E-state index in [-0.39, 0.29) is 34.7 Å². The molecule has 126 valence electrons. The normalized spacial score (nSPS) is 14.2. The van der Waals surface area contributed by atoms with Crippen molar-refractivity contribution < 1.29 is 14.7 Å². The number of aryl methyl sites for hydroxylation is 1. The van der Waals surface area contributed by atoms with Gasteiger partial charge in [0.2, 0.25) is 17.5 Å². The maximum Gasteiger partial charge on any atom is 0.246 e. The largest absolute Gasteiger partial charge is 0.508 e. The van der Waals surface area contributed by atoms with Gasteiger partial charge < -0.3 is 14.9 Å². The first-order chi connectivity index (χ1) is 11.5. The summed E-state index contributed by atoms with van der Waals surface area (Å²) in [5.74, 6) is -0.180. The minimum atomic E-state index is -0.125. The van der Waals surface area contributed by atoms with Crippen LogP contribution in [0.3, 0.4) is 0 Å². The van der Waals surface area contributed by atoms with Crippen LogP contribution in [0.4, 0.5) is 5.69 Å². The summed E-state index contributed by atoms with van der Waals surface area (Å²) in [6.07, 6.45) is 1.83. The third kappa shape index (κ3) is 4.06. The van der Waals surface area contributed by atoms with Gasteiger partial charge in [0.15, 0.2) is 0 Å². The van der Waals surface area contributed by atoms with Gasteiger partial charge in [-0.1, -0.05) is 18.2 Å². The van der Waals surface area contributed by atoms with Crippen molar-refractivity contribution >= 4 is 29.1 Å². The molecule has 1 heterocycles. The topological polar surface area (TPSA) is 65.2 Å².